The van der Waals surface area contributed by atoms with Crippen molar-refractivity contribution in [1.29, 1.82) is 0 Å². The molecule has 0 fully saturated rings. The molecule has 1 radical (unpaired) electrons. The molecule has 0 saturated heterocycles. The van der Waals surface area contributed by atoms with Crippen molar-refractivity contribution < 1.29 is 10.3 Å². The summed E-state index contributed by atoms with van der Waals surface area (Å²) in [7, 11) is 0. The molecular weight excluding hydrogens is 140 g/mol. The van der Waals surface area contributed by atoms with E-state index in [0.717, 1.165) is 0 Å². The van der Waals surface area contributed by atoms with Crippen LogP contribution in [0.25, 0.3) is 0 Å². The molecule has 3 nitrogen and oxygen atoms in total. The Balaban J connectivity index is -0.0000000183. The molecule has 0 bridgehead atoms. The first-order chi connectivity index (χ1) is 2.73. The van der Waals surface area contributed by atoms with E-state index < -0.39 is 0 Å². The Bertz CT molecular complexity index is 22.0. The molecule has 0 rings (SSSR count). The van der Waals surface area contributed by atoms with Crippen LogP contribution in [0.3, 0.4) is 0 Å². The second kappa shape index (κ2) is 24.2. The predicted octanol–water partition coefficient (Wildman–Crippen LogP) is -0.238. The van der Waals surface area contributed by atoms with Gasteiger partial charge in [0.2, 0.25) is 0 Å². The molecule has 8 heavy (non-hydrogen) atoms. The molecule has 0 amide bonds. The minimum Gasteiger partial charge on any atom is -0.394 e. The van der Waals surface area contributed by atoms with Crippen molar-refractivity contribution in [1.82, 2.24) is 0 Å². The zero-order valence-electron chi connectivity index (χ0n) is 5.46. The van der Waals surface area contributed by atoms with Gasteiger partial charge in [0.25, 0.3) is 0 Å². The minimum absolute atomic E-state index is 0. The predicted molar refractivity (Wildman–Crippen MR) is 36.3 cm³/mol. The van der Waals surface area contributed by atoms with Crippen LogP contribution in [0.5, 0.6) is 0 Å². The number of aliphatic hydroxyl groups is 1. The molecule has 0 spiro atoms. The zero-order chi connectivity index (χ0) is 5.58. The Morgan fingerprint density at radius 2 is 1.25 bits per heavy atom. The molecule has 0 aromatic carbocycles. The first kappa shape index (κ1) is 22.9. The zero-order valence-corrected chi connectivity index (χ0v) is 8.27. The van der Waals surface area contributed by atoms with Gasteiger partial charge in [-0.1, -0.05) is 0 Å². The van der Waals surface area contributed by atoms with Crippen molar-refractivity contribution in [2.45, 2.75) is 20.0 Å². The maximum Gasteiger partial charge on any atom is 0.0483 e. The van der Waals surface area contributed by atoms with E-state index >= 15 is 0 Å². The minimum atomic E-state index is -0.167. The molecule has 5 heteroatoms. The molecule has 0 saturated carbocycles. The summed E-state index contributed by atoms with van der Waals surface area (Å²) in [4.78, 5) is 0. The molecule has 0 aromatic heterocycles. The van der Waals surface area contributed by atoms with Gasteiger partial charge in [-0.3, -0.25) is 0 Å². The van der Waals surface area contributed by atoms with Crippen molar-refractivity contribution in [3.05, 3.63) is 0 Å². The Labute approximate surface area is 77.9 Å². The van der Waals surface area contributed by atoms with Crippen LogP contribution in [0.2, 0.25) is 0 Å². The number of rotatable bonds is 0. The van der Waals surface area contributed by atoms with E-state index in [1.54, 1.807) is 13.8 Å². The third kappa shape index (κ3) is 199. The molecule has 0 heterocycles. The summed E-state index contributed by atoms with van der Waals surface area (Å²) >= 11 is 0. The molecule has 0 aliphatic carbocycles. The van der Waals surface area contributed by atoms with E-state index in [0.29, 0.717) is 0 Å². The first-order valence-electron chi connectivity index (χ1n) is 1.67. The van der Waals surface area contributed by atoms with Gasteiger partial charge in [0.05, 0.1) is 0 Å². The van der Waals surface area contributed by atoms with Gasteiger partial charge in [-0.25, -0.2) is 5.90 Å². The fourth-order valence-electron chi connectivity index (χ4n) is 0. The monoisotopic (exact) mass is 152 g/mol. The number of aliphatic hydroxyl groups excluding tert-OH is 1. The summed E-state index contributed by atoms with van der Waals surface area (Å²) in [6.45, 7) is 3.44. The fraction of sp³-hybridized carbons (Fsp3) is 1.00. The molecule has 0 unspecified atom stereocenters. The van der Waals surface area contributed by atoms with E-state index in [1.165, 1.54) is 0 Å². The Morgan fingerprint density at radius 1 is 1.25 bits per heavy atom. The smallest absolute Gasteiger partial charge is 0.0483 e. The standard InChI is InChI=1S/C3H8O.ClH.H3NO.Na/c1-3(2)4;;1-2;/h3-4H,1-2H3;1H;2H,1H2;. The summed E-state index contributed by atoms with van der Waals surface area (Å²) in [5, 5.41) is 14.6. The van der Waals surface area contributed by atoms with Gasteiger partial charge in [0.1, 0.15) is 0 Å². The van der Waals surface area contributed by atoms with Gasteiger partial charge in [0, 0.05) is 35.7 Å². The second-order valence-corrected chi connectivity index (χ2v) is 1.09. The van der Waals surface area contributed by atoms with Crippen LogP contribution in [0.15, 0.2) is 0 Å². The molecular formula is C3H12ClNNaO2. The molecule has 0 atom stereocenters. The average Bonchev–Trinajstić information content (AvgIpc) is 1.41. The number of hydrogen-bond donors (Lipinski definition) is 3. The van der Waals surface area contributed by atoms with Crippen molar-refractivity contribution in [3.63, 3.8) is 0 Å². The average molecular weight is 153 g/mol. The van der Waals surface area contributed by atoms with E-state index in [1.807, 2.05) is 0 Å². The van der Waals surface area contributed by atoms with Crippen LogP contribution in [-0.4, -0.2) is 46.0 Å². The summed E-state index contributed by atoms with van der Waals surface area (Å²) in [5.41, 5.74) is 0. The van der Waals surface area contributed by atoms with E-state index in [9.17, 15) is 0 Å². The number of halogens is 1. The van der Waals surface area contributed by atoms with Crippen molar-refractivity contribution in [2.24, 2.45) is 5.90 Å². The first-order valence-corrected chi connectivity index (χ1v) is 1.67. The van der Waals surface area contributed by atoms with Crippen molar-refractivity contribution >= 4 is 42.0 Å². The van der Waals surface area contributed by atoms with Gasteiger partial charge in [0.15, 0.2) is 0 Å². The van der Waals surface area contributed by atoms with Crippen LogP contribution >= 0.6 is 12.4 Å². The second-order valence-electron chi connectivity index (χ2n) is 1.09. The number of hydrogen-bond acceptors (Lipinski definition) is 3. The van der Waals surface area contributed by atoms with E-state index in [2.05, 4.69) is 5.90 Å². The van der Waals surface area contributed by atoms with Crippen LogP contribution in [0.1, 0.15) is 13.8 Å². The largest absolute Gasteiger partial charge is 0.394 e. The van der Waals surface area contributed by atoms with Crippen LogP contribution in [0.4, 0.5) is 0 Å². The normalized spacial score (nSPS) is 5.25. The Morgan fingerprint density at radius 3 is 1.25 bits per heavy atom. The van der Waals surface area contributed by atoms with Gasteiger partial charge in [-0.05, 0) is 13.8 Å². The fourth-order valence-corrected chi connectivity index (χ4v) is 0. The third-order valence-electron chi connectivity index (χ3n) is 0. The summed E-state index contributed by atoms with van der Waals surface area (Å²) in [6.07, 6.45) is -0.167. The quantitative estimate of drug-likeness (QED) is 0.332. The summed E-state index contributed by atoms with van der Waals surface area (Å²) in [5.74, 6) is 3.50. The van der Waals surface area contributed by atoms with Gasteiger partial charge >= 0.3 is 0 Å². The molecule has 0 aliphatic heterocycles. The molecule has 4 N–H and O–H groups in total. The van der Waals surface area contributed by atoms with Crippen LogP contribution in [-0.2, 0) is 0 Å². The van der Waals surface area contributed by atoms with Gasteiger partial charge in [-0.2, -0.15) is 0 Å². The van der Waals surface area contributed by atoms with Gasteiger partial charge in [-0.15, -0.1) is 12.4 Å². The maximum absolute atomic E-state index is 8.06. The van der Waals surface area contributed by atoms with Crippen molar-refractivity contribution in [3.8, 4) is 0 Å². The molecule has 0 aliphatic rings. The van der Waals surface area contributed by atoms with Gasteiger partial charge < -0.3 is 10.3 Å². The SMILES string of the molecule is CC(C)O.Cl.NO.[Na]. The summed E-state index contributed by atoms with van der Waals surface area (Å²) in [6, 6.07) is 0. The molecule has 49 valence electrons. The summed E-state index contributed by atoms with van der Waals surface area (Å²) < 4.78 is 0. The van der Waals surface area contributed by atoms with Crippen LogP contribution in [0, 0.1) is 0 Å². The third-order valence-corrected chi connectivity index (χ3v) is 0. The Hall–Kier alpha value is 1.17. The van der Waals surface area contributed by atoms with Crippen LogP contribution < -0.4 is 5.90 Å². The maximum atomic E-state index is 8.06. The Kier molecular flexibility index (Phi) is 69.1. The van der Waals surface area contributed by atoms with E-state index in [4.69, 9.17) is 10.3 Å². The number of nitrogens with two attached hydrogens (primary N) is 1. The topological polar surface area (TPSA) is 66.5 Å². The van der Waals surface area contributed by atoms with Crippen molar-refractivity contribution in [2.75, 3.05) is 0 Å². The van der Waals surface area contributed by atoms with E-state index in [-0.39, 0.29) is 48.1 Å². The molecule has 0 aromatic rings.